The maximum atomic E-state index is 12.4. The summed E-state index contributed by atoms with van der Waals surface area (Å²) in [6.07, 6.45) is 11.3. The number of halogens is 4. The first-order valence-electron chi connectivity index (χ1n) is 18.1. The van der Waals surface area contributed by atoms with Crippen LogP contribution in [0.5, 0.6) is 0 Å². The first kappa shape index (κ1) is 41.3. The van der Waals surface area contributed by atoms with Gasteiger partial charge in [0.15, 0.2) is 0 Å². The van der Waals surface area contributed by atoms with E-state index in [4.69, 9.17) is 9.47 Å². The maximum Gasteiger partial charge on any atom is 0.342 e. The van der Waals surface area contributed by atoms with Crippen LogP contribution in [0.3, 0.4) is 0 Å². The van der Waals surface area contributed by atoms with Gasteiger partial charge in [-0.2, -0.15) is 0 Å². The molecule has 2 spiro atoms. The summed E-state index contributed by atoms with van der Waals surface area (Å²) in [7, 11) is 0. The van der Waals surface area contributed by atoms with Crippen molar-refractivity contribution >= 4 is 87.2 Å². The molecule has 0 aromatic heterocycles. The molecule has 4 aliphatic rings. The fourth-order valence-corrected chi connectivity index (χ4v) is 11.8. The van der Waals surface area contributed by atoms with Gasteiger partial charge in [-0.05, 0) is 97.6 Å². The van der Waals surface area contributed by atoms with E-state index >= 15 is 0 Å². The second kappa shape index (κ2) is 16.9. The van der Waals surface area contributed by atoms with Gasteiger partial charge in [0.1, 0.15) is 11.6 Å². The molecule has 0 aliphatic heterocycles. The third-order valence-corrected chi connectivity index (χ3v) is 17.5. The second-order valence-corrected chi connectivity index (χ2v) is 20.1. The van der Waals surface area contributed by atoms with Crippen molar-refractivity contribution in [2.24, 2.45) is 21.7 Å². The van der Waals surface area contributed by atoms with E-state index in [1.54, 1.807) is 36.8 Å². The monoisotopic (exact) mass is 964 g/mol. The molecule has 0 amide bonds. The number of carbonyl (C=O) groups excluding carboxylic acids is 4. The smallest absolute Gasteiger partial charge is 0.342 e. The molecule has 52 heavy (non-hydrogen) atoms. The number of ketones is 2. The van der Waals surface area contributed by atoms with Crippen molar-refractivity contribution in [1.82, 2.24) is 0 Å². The molecule has 4 saturated carbocycles. The zero-order valence-electron chi connectivity index (χ0n) is 30.3. The van der Waals surface area contributed by atoms with Crippen molar-refractivity contribution in [1.29, 1.82) is 0 Å². The summed E-state index contributed by atoms with van der Waals surface area (Å²) in [4.78, 5) is 49.4. The number of Topliss-reactive ketones (excluding diaryl/α,β-unsaturated/α-hetero) is 2. The van der Waals surface area contributed by atoms with Crippen LogP contribution in [-0.2, 0) is 19.1 Å². The van der Waals surface area contributed by atoms with E-state index in [0.29, 0.717) is 33.6 Å². The lowest BCUT2D eigenvalue weighted by atomic mass is 9.50. The molecule has 4 aliphatic carbocycles. The molecular weight excluding hydrogens is 920 g/mol. The van der Waals surface area contributed by atoms with Gasteiger partial charge in [0.25, 0.3) is 0 Å². The number of rotatable bonds is 4. The molecule has 0 radical (unpaired) electrons. The topological polar surface area (TPSA) is 86.7 Å². The summed E-state index contributed by atoms with van der Waals surface area (Å²) in [6, 6.07) is 18.1. The van der Waals surface area contributed by atoms with Gasteiger partial charge in [0.2, 0.25) is 0 Å². The summed E-state index contributed by atoms with van der Waals surface area (Å²) in [5.74, 6) is -0.142. The van der Waals surface area contributed by atoms with E-state index in [-0.39, 0.29) is 54.8 Å². The number of alkyl halides is 4. The molecule has 4 fully saturated rings. The van der Waals surface area contributed by atoms with Crippen molar-refractivity contribution in [3.8, 4) is 0 Å². The molecule has 2 aromatic carbocycles. The van der Waals surface area contributed by atoms with E-state index in [9.17, 15) is 19.2 Å². The Kier molecular flexibility index (Phi) is 13.4. The summed E-state index contributed by atoms with van der Waals surface area (Å²) >= 11 is 14.9. The standard InChI is InChI=1S/2C21H24Br2O3/c2*1-20(2)18(23)9-8-15(21(20)11-10-17(24)16(22)12-21)13-26-19(25)14-6-4-3-5-7-14/h2*3-7,13,16,18H,8-12H2,1-2H3/b2*15-13+/t2*16-,18+,21-/m11/s1. The fraction of sp³-hybridized carbons (Fsp3) is 0.524. The highest BCUT2D eigenvalue weighted by Crippen LogP contribution is 2.63. The summed E-state index contributed by atoms with van der Waals surface area (Å²) in [5, 5.41) is 0. The quantitative estimate of drug-likeness (QED) is 0.172. The number of hydrogen-bond donors (Lipinski definition) is 0. The lowest BCUT2D eigenvalue weighted by molar-refractivity contribution is -0.124. The van der Waals surface area contributed by atoms with Crippen LogP contribution >= 0.6 is 63.7 Å². The third kappa shape index (κ3) is 8.20. The van der Waals surface area contributed by atoms with Gasteiger partial charge in [0, 0.05) is 33.3 Å². The van der Waals surface area contributed by atoms with E-state index in [1.165, 1.54) is 0 Å². The molecule has 280 valence electrons. The van der Waals surface area contributed by atoms with Crippen LogP contribution in [0, 0.1) is 21.7 Å². The first-order chi connectivity index (χ1) is 24.6. The molecule has 2 aromatic rings. The van der Waals surface area contributed by atoms with Crippen LogP contribution in [0.1, 0.15) is 113 Å². The molecule has 0 bridgehead atoms. The Balaban J connectivity index is 0.000000201. The van der Waals surface area contributed by atoms with Crippen molar-refractivity contribution in [2.75, 3.05) is 0 Å². The van der Waals surface area contributed by atoms with Crippen LogP contribution in [0.2, 0.25) is 0 Å². The number of carbonyl (C=O) groups is 4. The summed E-state index contributed by atoms with van der Waals surface area (Å²) in [6.45, 7) is 9.03. The number of esters is 2. The van der Waals surface area contributed by atoms with Gasteiger partial charge in [-0.3, -0.25) is 9.59 Å². The van der Waals surface area contributed by atoms with Crippen LogP contribution in [0.25, 0.3) is 0 Å². The average Bonchev–Trinajstić information content (AvgIpc) is 3.13. The second-order valence-electron chi connectivity index (χ2n) is 15.7. The molecular formula is C42H48Br4O6. The van der Waals surface area contributed by atoms with Gasteiger partial charge in [-0.15, -0.1) is 0 Å². The predicted octanol–water partition coefficient (Wildman–Crippen LogP) is 11.6. The molecule has 10 heteroatoms. The van der Waals surface area contributed by atoms with Gasteiger partial charge >= 0.3 is 11.9 Å². The van der Waals surface area contributed by atoms with Crippen molar-refractivity contribution in [3.63, 3.8) is 0 Å². The first-order valence-corrected chi connectivity index (χ1v) is 21.7. The maximum absolute atomic E-state index is 12.4. The lowest BCUT2D eigenvalue weighted by Crippen LogP contribution is -2.52. The highest BCUT2D eigenvalue weighted by atomic mass is 79.9. The van der Waals surface area contributed by atoms with E-state index in [2.05, 4.69) is 91.4 Å². The third-order valence-electron chi connectivity index (χ3n) is 12.6. The average molecular weight is 968 g/mol. The Morgan fingerprint density at radius 3 is 1.27 bits per heavy atom. The van der Waals surface area contributed by atoms with Gasteiger partial charge in [0.05, 0.1) is 33.3 Å². The predicted molar refractivity (Wildman–Crippen MR) is 219 cm³/mol. The van der Waals surface area contributed by atoms with Crippen molar-refractivity contribution in [2.45, 2.75) is 111 Å². The van der Waals surface area contributed by atoms with E-state index in [1.807, 2.05) is 36.4 Å². The zero-order chi connectivity index (χ0) is 37.9. The summed E-state index contributed by atoms with van der Waals surface area (Å²) < 4.78 is 11.1. The normalized spacial score (nSPS) is 32.6. The molecule has 6 atom stereocenters. The van der Waals surface area contributed by atoms with Crippen LogP contribution in [0.15, 0.2) is 84.3 Å². The van der Waals surface area contributed by atoms with Crippen molar-refractivity contribution < 1.29 is 28.7 Å². The zero-order valence-corrected chi connectivity index (χ0v) is 36.6. The minimum Gasteiger partial charge on any atom is -0.431 e. The largest absolute Gasteiger partial charge is 0.431 e. The molecule has 0 saturated heterocycles. The van der Waals surface area contributed by atoms with Crippen LogP contribution in [-0.4, -0.2) is 42.8 Å². The number of allylic oxidation sites excluding steroid dienone is 2. The van der Waals surface area contributed by atoms with E-state index < -0.39 is 0 Å². The number of benzene rings is 2. The summed E-state index contributed by atoms with van der Waals surface area (Å²) in [5.41, 5.74) is 3.01. The van der Waals surface area contributed by atoms with Crippen LogP contribution in [0.4, 0.5) is 0 Å². The fourth-order valence-electron chi connectivity index (χ4n) is 8.85. The highest BCUT2D eigenvalue weighted by Gasteiger charge is 2.57. The van der Waals surface area contributed by atoms with Crippen LogP contribution < -0.4 is 0 Å². The highest BCUT2D eigenvalue weighted by molar-refractivity contribution is 9.10. The Morgan fingerprint density at radius 1 is 0.596 bits per heavy atom. The Morgan fingerprint density at radius 2 is 0.942 bits per heavy atom. The Labute approximate surface area is 341 Å². The minimum atomic E-state index is -0.339. The minimum absolute atomic E-state index is 0.0387. The number of ether oxygens (including phenoxy) is 2. The molecule has 0 heterocycles. The lowest BCUT2D eigenvalue weighted by Gasteiger charge is -2.56. The SMILES string of the molecule is CC1(C)[C@@H](Br)CC/C(=C\OC(=O)c2ccccc2)[C@]12CCC(=O)[C@H](Br)C2.CC1(C)[C@@H](Br)CC/C(=C\OC(=O)c2ccccc2)[C@]12CCC(=O)[C@H](Br)C2. The van der Waals surface area contributed by atoms with Gasteiger partial charge in [-0.1, -0.05) is 128 Å². The molecule has 6 rings (SSSR count). The van der Waals surface area contributed by atoms with E-state index in [0.717, 1.165) is 62.5 Å². The number of hydrogen-bond acceptors (Lipinski definition) is 6. The van der Waals surface area contributed by atoms with Crippen molar-refractivity contribution in [3.05, 3.63) is 95.5 Å². The molecule has 6 nitrogen and oxygen atoms in total. The molecule has 0 unspecified atom stereocenters. The van der Waals surface area contributed by atoms with Gasteiger partial charge in [-0.25, -0.2) is 9.59 Å². The van der Waals surface area contributed by atoms with Gasteiger partial charge < -0.3 is 9.47 Å². The molecule has 0 N–H and O–H groups in total. The Hall–Kier alpha value is -1.88. The Bertz CT molecular complexity index is 1580.